The molecule has 0 aliphatic heterocycles. The zero-order valence-corrected chi connectivity index (χ0v) is 9.77. The third kappa shape index (κ3) is 3.20. The molecule has 0 aliphatic carbocycles. The molecular weight excluding hydrogens is 188 g/mol. The maximum absolute atomic E-state index is 9.49. The Bertz CT molecular complexity index is 299. The highest BCUT2D eigenvalue weighted by atomic mass is 16.3. The molecule has 0 radical (unpaired) electrons. The molecule has 0 aromatic carbocycles. The number of aliphatic hydroxyl groups excluding tert-OH is 1. The highest BCUT2D eigenvalue weighted by molar-refractivity contribution is 5.41. The minimum atomic E-state index is -0.424. The third-order valence-electron chi connectivity index (χ3n) is 2.45. The van der Waals surface area contributed by atoms with Gasteiger partial charge in [0, 0.05) is 19.3 Å². The lowest BCUT2D eigenvalue weighted by Crippen LogP contribution is -2.24. The van der Waals surface area contributed by atoms with Crippen LogP contribution < -0.4 is 4.90 Å². The lowest BCUT2D eigenvalue weighted by atomic mass is 10.1. The van der Waals surface area contributed by atoms with Crippen molar-refractivity contribution in [2.24, 2.45) is 0 Å². The summed E-state index contributed by atoms with van der Waals surface area (Å²) in [6.07, 6.45) is 2.44. The van der Waals surface area contributed by atoms with Gasteiger partial charge in [0.15, 0.2) is 0 Å². The summed E-state index contributed by atoms with van der Waals surface area (Å²) in [6.45, 7) is 8.00. The van der Waals surface area contributed by atoms with E-state index >= 15 is 0 Å². The Hall–Kier alpha value is -1.09. The molecule has 1 aromatic rings. The van der Waals surface area contributed by atoms with Crippen molar-refractivity contribution in [2.75, 3.05) is 18.0 Å². The van der Waals surface area contributed by atoms with Crippen LogP contribution in [0.3, 0.4) is 0 Å². The van der Waals surface area contributed by atoms with Crippen LogP contribution in [-0.4, -0.2) is 23.2 Å². The lowest BCUT2D eigenvalue weighted by Gasteiger charge is -2.21. The van der Waals surface area contributed by atoms with Crippen molar-refractivity contribution in [1.82, 2.24) is 4.98 Å². The number of anilines is 1. The second-order valence-corrected chi connectivity index (χ2v) is 3.70. The summed E-state index contributed by atoms with van der Waals surface area (Å²) in [7, 11) is 0. The highest BCUT2D eigenvalue weighted by Gasteiger charge is 2.07. The number of nitrogens with zero attached hydrogens (tertiary/aromatic N) is 2. The van der Waals surface area contributed by atoms with Gasteiger partial charge in [0.25, 0.3) is 0 Å². The standard InChI is InChI=1S/C12H20N2O/c1-4-8-14(5-2)12-9-11(10(3)15)6-7-13-12/h6-7,9-10,15H,4-5,8H2,1-3H3. The number of hydrogen-bond acceptors (Lipinski definition) is 3. The van der Waals surface area contributed by atoms with E-state index in [1.807, 2.05) is 12.1 Å². The van der Waals surface area contributed by atoms with E-state index in [-0.39, 0.29) is 0 Å². The van der Waals surface area contributed by atoms with Crippen LogP contribution >= 0.6 is 0 Å². The monoisotopic (exact) mass is 208 g/mol. The zero-order valence-electron chi connectivity index (χ0n) is 9.77. The predicted octanol–water partition coefficient (Wildman–Crippen LogP) is 2.37. The molecule has 0 fully saturated rings. The van der Waals surface area contributed by atoms with E-state index in [0.717, 1.165) is 30.9 Å². The summed E-state index contributed by atoms with van der Waals surface area (Å²) in [6, 6.07) is 3.82. The van der Waals surface area contributed by atoms with E-state index in [4.69, 9.17) is 0 Å². The van der Waals surface area contributed by atoms with Gasteiger partial charge in [0.2, 0.25) is 0 Å². The molecular formula is C12H20N2O. The largest absolute Gasteiger partial charge is 0.389 e. The Morgan fingerprint density at radius 2 is 2.20 bits per heavy atom. The van der Waals surface area contributed by atoms with Gasteiger partial charge in [-0.3, -0.25) is 0 Å². The minimum absolute atomic E-state index is 0.424. The number of rotatable bonds is 5. The first-order valence-corrected chi connectivity index (χ1v) is 5.58. The molecule has 1 N–H and O–H groups in total. The fraction of sp³-hybridized carbons (Fsp3) is 0.583. The van der Waals surface area contributed by atoms with Crippen molar-refractivity contribution < 1.29 is 5.11 Å². The molecule has 1 aromatic heterocycles. The van der Waals surface area contributed by atoms with Crippen LogP contribution in [0.1, 0.15) is 38.9 Å². The van der Waals surface area contributed by atoms with E-state index in [1.165, 1.54) is 0 Å². The van der Waals surface area contributed by atoms with Crippen molar-refractivity contribution in [3.8, 4) is 0 Å². The van der Waals surface area contributed by atoms with Crippen LogP contribution in [0, 0.1) is 0 Å². The number of aromatic nitrogens is 1. The molecule has 0 amide bonds. The summed E-state index contributed by atoms with van der Waals surface area (Å²) in [4.78, 5) is 6.54. The zero-order chi connectivity index (χ0) is 11.3. The van der Waals surface area contributed by atoms with Crippen molar-refractivity contribution in [3.63, 3.8) is 0 Å². The van der Waals surface area contributed by atoms with Gasteiger partial charge in [0.1, 0.15) is 5.82 Å². The summed E-state index contributed by atoms with van der Waals surface area (Å²) in [5, 5.41) is 9.49. The normalized spacial score (nSPS) is 12.5. The second kappa shape index (κ2) is 5.71. The molecule has 1 atom stereocenters. The second-order valence-electron chi connectivity index (χ2n) is 3.70. The van der Waals surface area contributed by atoms with Crippen molar-refractivity contribution >= 4 is 5.82 Å². The molecule has 0 bridgehead atoms. The maximum Gasteiger partial charge on any atom is 0.128 e. The molecule has 0 saturated heterocycles. The van der Waals surface area contributed by atoms with Gasteiger partial charge in [-0.05, 0) is 38.0 Å². The van der Waals surface area contributed by atoms with Gasteiger partial charge in [-0.15, -0.1) is 0 Å². The Labute approximate surface area is 91.8 Å². The SMILES string of the molecule is CCCN(CC)c1cc(C(C)O)ccn1. The van der Waals surface area contributed by atoms with Gasteiger partial charge in [0.05, 0.1) is 6.10 Å². The first-order valence-electron chi connectivity index (χ1n) is 5.58. The summed E-state index contributed by atoms with van der Waals surface area (Å²) >= 11 is 0. The lowest BCUT2D eigenvalue weighted by molar-refractivity contribution is 0.199. The van der Waals surface area contributed by atoms with Gasteiger partial charge in [-0.1, -0.05) is 6.92 Å². The molecule has 1 heterocycles. The molecule has 0 spiro atoms. The first kappa shape index (κ1) is 12.0. The average molecular weight is 208 g/mol. The molecule has 3 nitrogen and oxygen atoms in total. The average Bonchev–Trinajstić information content (AvgIpc) is 2.26. The van der Waals surface area contributed by atoms with E-state index in [2.05, 4.69) is 23.7 Å². The molecule has 15 heavy (non-hydrogen) atoms. The summed E-state index contributed by atoms with van der Waals surface area (Å²) < 4.78 is 0. The van der Waals surface area contributed by atoms with Crippen molar-refractivity contribution in [2.45, 2.75) is 33.3 Å². The van der Waals surface area contributed by atoms with Crippen molar-refractivity contribution in [1.29, 1.82) is 0 Å². The topological polar surface area (TPSA) is 36.4 Å². The van der Waals surface area contributed by atoms with Crippen LogP contribution in [0.25, 0.3) is 0 Å². The summed E-state index contributed by atoms with van der Waals surface area (Å²) in [5.74, 6) is 0.956. The third-order valence-corrected chi connectivity index (χ3v) is 2.45. The fourth-order valence-corrected chi connectivity index (χ4v) is 1.57. The fourth-order valence-electron chi connectivity index (χ4n) is 1.57. The Kier molecular flexibility index (Phi) is 4.56. The van der Waals surface area contributed by atoms with E-state index in [1.54, 1.807) is 13.1 Å². The van der Waals surface area contributed by atoms with Crippen molar-refractivity contribution in [3.05, 3.63) is 23.9 Å². The molecule has 0 aliphatic rings. The van der Waals surface area contributed by atoms with Crippen LogP contribution in [0.4, 0.5) is 5.82 Å². The Morgan fingerprint density at radius 1 is 1.47 bits per heavy atom. The number of aliphatic hydroxyl groups is 1. The predicted molar refractivity (Wildman–Crippen MR) is 63.0 cm³/mol. The van der Waals surface area contributed by atoms with Gasteiger partial charge < -0.3 is 10.0 Å². The number of hydrogen-bond donors (Lipinski definition) is 1. The molecule has 3 heteroatoms. The van der Waals surface area contributed by atoms with Gasteiger partial charge in [-0.25, -0.2) is 4.98 Å². The quantitative estimate of drug-likeness (QED) is 0.807. The van der Waals surface area contributed by atoms with E-state index < -0.39 is 6.10 Å². The van der Waals surface area contributed by atoms with Crippen LogP contribution in [0.15, 0.2) is 18.3 Å². The highest BCUT2D eigenvalue weighted by Crippen LogP contribution is 2.17. The van der Waals surface area contributed by atoms with E-state index in [9.17, 15) is 5.11 Å². The Balaban J connectivity index is 2.87. The Morgan fingerprint density at radius 3 is 2.73 bits per heavy atom. The van der Waals surface area contributed by atoms with Crippen LogP contribution in [0.2, 0.25) is 0 Å². The summed E-state index contributed by atoms with van der Waals surface area (Å²) in [5.41, 5.74) is 0.926. The molecule has 1 unspecified atom stereocenters. The maximum atomic E-state index is 9.49. The van der Waals surface area contributed by atoms with Gasteiger partial charge >= 0.3 is 0 Å². The van der Waals surface area contributed by atoms with E-state index in [0.29, 0.717) is 0 Å². The van der Waals surface area contributed by atoms with Crippen LogP contribution in [-0.2, 0) is 0 Å². The van der Waals surface area contributed by atoms with Crippen LogP contribution in [0.5, 0.6) is 0 Å². The minimum Gasteiger partial charge on any atom is -0.389 e. The smallest absolute Gasteiger partial charge is 0.128 e. The first-order chi connectivity index (χ1) is 7.19. The molecule has 0 saturated carbocycles. The van der Waals surface area contributed by atoms with Gasteiger partial charge in [-0.2, -0.15) is 0 Å². The number of pyridine rings is 1. The molecule has 84 valence electrons. The molecule has 1 rings (SSSR count).